The SMILES string of the molecule is c1ccc(-c2cc(-c3ccc(-c4cccc(-c5nc(-c6ccccc6)nc(-c6ccc7c(ccc8ccccc87)c6)n5)c4)cc3)nc(-c3ccccc3)n2)cc1.c1ccc(-c2nc(-c3ccc(-c4cccc(-c5nc(-c6ccccc6)nc(-c6ccccc6)n5)c4)cc3)cc(-c3ccc4c(ccc5ccccc54)c3)n2)cc1. The molecule has 16 aromatic carbocycles. The molecule has 524 valence electrons. The van der Waals surface area contributed by atoms with E-state index < -0.39 is 0 Å². The van der Waals surface area contributed by atoms with Crippen molar-refractivity contribution in [2.45, 2.75) is 0 Å². The van der Waals surface area contributed by atoms with E-state index in [2.05, 4.69) is 243 Å². The Balaban J connectivity index is 0.000000151. The summed E-state index contributed by atoms with van der Waals surface area (Å²) in [5, 5.41) is 9.69. The monoisotopic (exact) mass is 1430 g/mol. The first-order valence-electron chi connectivity index (χ1n) is 37.3. The molecule has 112 heavy (non-hydrogen) atoms. The van der Waals surface area contributed by atoms with Crippen LogP contribution in [0.2, 0.25) is 0 Å². The van der Waals surface area contributed by atoms with Crippen LogP contribution in [-0.2, 0) is 0 Å². The first-order chi connectivity index (χ1) is 55.4. The van der Waals surface area contributed by atoms with Gasteiger partial charge in [-0.2, -0.15) is 0 Å². The number of aromatic nitrogens is 10. The van der Waals surface area contributed by atoms with E-state index in [1.165, 1.54) is 37.7 Å². The Morgan fingerprint density at radius 3 is 0.696 bits per heavy atom. The number of hydrogen-bond acceptors (Lipinski definition) is 10. The highest BCUT2D eigenvalue weighted by Gasteiger charge is 2.19. The summed E-state index contributed by atoms with van der Waals surface area (Å²) in [6.45, 7) is 0. The third-order valence-corrected chi connectivity index (χ3v) is 20.3. The summed E-state index contributed by atoms with van der Waals surface area (Å²) in [6, 6.07) is 138. The van der Waals surface area contributed by atoms with Gasteiger partial charge in [-0.05, 0) is 102 Å². The van der Waals surface area contributed by atoms with Crippen molar-refractivity contribution in [3.8, 4) is 158 Å². The lowest BCUT2D eigenvalue weighted by atomic mass is 9.98. The Hall–Kier alpha value is -15.3. The summed E-state index contributed by atoms with van der Waals surface area (Å²) in [5.41, 5.74) is 19.4. The topological polar surface area (TPSA) is 129 Å². The van der Waals surface area contributed by atoms with E-state index >= 15 is 0 Å². The van der Waals surface area contributed by atoms with Crippen molar-refractivity contribution in [3.63, 3.8) is 0 Å². The van der Waals surface area contributed by atoms with E-state index in [4.69, 9.17) is 49.8 Å². The zero-order chi connectivity index (χ0) is 74.5. The molecule has 0 fully saturated rings. The van der Waals surface area contributed by atoms with Crippen molar-refractivity contribution >= 4 is 43.1 Å². The lowest BCUT2D eigenvalue weighted by Crippen LogP contribution is -2.00. The van der Waals surface area contributed by atoms with Gasteiger partial charge in [0.1, 0.15) is 0 Å². The van der Waals surface area contributed by atoms with E-state index in [1.54, 1.807) is 0 Å². The number of nitrogens with zero attached hydrogens (tertiary/aromatic N) is 10. The van der Waals surface area contributed by atoms with E-state index in [1.807, 2.05) is 158 Å². The fourth-order valence-electron chi connectivity index (χ4n) is 14.5. The number of rotatable bonds is 14. The summed E-state index contributed by atoms with van der Waals surface area (Å²) < 4.78 is 0. The Labute approximate surface area is 647 Å². The minimum Gasteiger partial charge on any atom is -0.228 e. The molecule has 0 atom stereocenters. The predicted octanol–water partition coefficient (Wildman–Crippen LogP) is 25.3. The average Bonchev–Trinajstić information content (AvgIpc) is 0.772. The van der Waals surface area contributed by atoms with Gasteiger partial charge in [0.15, 0.2) is 46.6 Å². The highest BCUT2D eigenvalue weighted by atomic mass is 15.0. The normalized spacial score (nSPS) is 11.2. The molecule has 0 aliphatic rings. The van der Waals surface area contributed by atoms with Gasteiger partial charge < -0.3 is 0 Å². The molecular weight excluding hydrogens is 1370 g/mol. The van der Waals surface area contributed by atoms with Gasteiger partial charge in [0.2, 0.25) is 0 Å². The molecule has 0 unspecified atom stereocenters. The molecule has 0 saturated carbocycles. The number of hydrogen-bond donors (Lipinski definition) is 0. The van der Waals surface area contributed by atoms with Crippen LogP contribution in [0.1, 0.15) is 0 Å². The van der Waals surface area contributed by atoms with Crippen molar-refractivity contribution in [1.82, 2.24) is 49.8 Å². The third-order valence-electron chi connectivity index (χ3n) is 20.3. The van der Waals surface area contributed by atoms with Gasteiger partial charge in [-0.3, -0.25) is 0 Å². The van der Waals surface area contributed by atoms with E-state index in [0.29, 0.717) is 46.6 Å². The molecule has 10 nitrogen and oxygen atoms in total. The Bertz CT molecular complexity index is 6720. The van der Waals surface area contributed by atoms with Crippen molar-refractivity contribution in [3.05, 3.63) is 400 Å². The molecule has 0 bridgehead atoms. The molecule has 0 amide bonds. The fraction of sp³-hybridized carbons (Fsp3) is 0. The molecule has 4 heterocycles. The molecule has 0 aliphatic heterocycles. The minimum absolute atomic E-state index is 0.619. The maximum atomic E-state index is 5.10. The third kappa shape index (κ3) is 14.1. The summed E-state index contributed by atoms with van der Waals surface area (Å²) in [4.78, 5) is 50.0. The van der Waals surface area contributed by atoms with Crippen LogP contribution in [0.5, 0.6) is 0 Å². The largest absolute Gasteiger partial charge is 0.228 e. The lowest BCUT2D eigenvalue weighted by molar-refractivity contribution is 1.07. The van der Waals surface area contributed by atoms with Crippen LogP contribution in [0.4, 0.5) is 0 Å². The second-order valence-corrected chi connectivity index (χ2v) is 27.5. The molecule has 0 saturated heterocycles. The first kappa shape index (κ1) is 67.4. The van der Waals surface area contributed by atoms with Crippen LogP contribution in [0.3, 0.4) is 0 Å². The molecule has 0 spiro atoms. The van der Waals surface area contributed by atoms with E-state index in [-0.39, 0.29) is 0 Å². The number of fused-ring (bicyclic) bond motifs is 6. The van der Waals surface area contributed by atoms with Gasteiger partial charge in [-0.15, -0.1) is 0 Å². The van der Waals surface area contributed by atoms with Crippen LogP contribution in [-0.4, -0.2) is 49.8 Å². The number of benzene rings is 16. The van der Waals surface area contributed by atoms with Gasteiger partial charge in [-0.25, -0.2) is 49.8 Å². The molecule has 0 aliphatic carbocycles. The average molecular weight is 1430 g/mol. The second-order valence-electron chi connectivity index (χ2n) is 27.5. The van der Waals surface area contributed by atoms with Crippen LogP contribution in [0.25, 0.3) is 201 Å². The first-order valence-corrected chi connectivity index (χ1v) is 37.3. The second kappa shape index (κ2) is 30.2. The molecule has 4 aromatic heterocycles. The quantitative estimate of drug-likeness (QED) is 0.0971. The molecule has 20 rings (SSSR count). The minimum atomic E-state index is 0.619. The summed E-state index contributed by atoms with van der Waals surface area (Å²) >= 11 is 0. The highest BCUT2D eigenvalue weighted by Crippen LogP contribution is 2.38. The molecule has 0 radical (unpaired) electrons. The molecule has 20 aromatic rings. The van der Waals surface area contributed by atoms with E-state index in [9.17, 15) is 0 Å². The zero-order valence-corrected chi connectivity index (χ0v) is 60.6. The highest BCUT2D eigenvalue weighted by molar-refractivity contribution is 6.09. The van der Waals surface area contributed by atoms with Crippen LogP contribution < -0.4 is 0 Å². The Morgan fingerprint density at radius 2 is 0.330 bits per heavy atom. The van der Waals surface area contributed by atoms with Crippen LogP contribution >= 0.6 is 0 Å². The van der Waals surface area contributed by atoms with Gasteiger partial charge in [0, 0.05) is 66.8 Å². The Morgan fingerprint density at radius 1 is 0.107 bits per heavy atom. The maximum absolute atomic E-state index is 5.10. The van der Waals surface area contributed by atoms with Gasteiger partial charge in [-0.1, -0.05) is 364 Å². The van der Waals surface area contributed by atoms with Crippen molar-refractivity contribution in [1.29, 1.82) is 0 Å². The smallest absolute Gasteiger partial charge is 0.164 e. The molecule has 10 heteroatoms. The molecular formula is C102H66N10. The van der Waals surface area contributed by atoms with Gasteiger partial charge in [0.25, 0.3) is 0 Å². The standard InChI is InChI=1S/2C51H33N5/c1-4-14-37(15-5-1)48-52-46(33-47(53-48)42-29-30-45-41(32-42)28-25-35-13-10-11-22-44(35)45)36-26-23-34(24-27-36)40-20-12-21-43(31-40)51-55-49(38-16-6-2-7-17-38)54-50(56-51)39-18-8-3-9-19-39;1-4-14-36(15-5-1)46-33-47(53-48(52-46)38-16-6-2-7-17-38)37-26-23-34(24-27-37)40-20-12-21-42(31-40)50-54-49(39-18-8-3-9-19-39)55-51(56-50)43-29-30-45-41(32-43)28-25-35-13-10-11-22-44(35)45/h2*1-33H. The maximum Gasteiger partial charge on any atom is 0.164 e. The van der Waals surface area contributed by atoms with Gasteiger partial charge in [0.05, 0.1) is 22.8 Å². The lowest BCUT2D eigenvalue weighted by Gasteiger charge is -2.12. The van der Waals surface area contributed by atoms with Crippen LogP contribution in [0.15, 0.2) is 400 Å². The summed E-state index contributed by atoms with van der Waals surface area (Å²) in [7, 11) is 0. The fourth-order valence-corrected chi connectivity index (χ4v) is 14.5. The predicted molar refractivity (Wildman–Crippen MR) is 457 cm³/mol. The van der Waals surface area contributed by atoms with Crippen molar-refractivity contribution in [2.24, 2.45) is 0 Å². The van der Waals surface area contributed by atoms with E-state index in [0.717, 1.165) is 117 Å². The Kier molecular flexibility index (Phi) is 18.1. The van der Waals surface area contributed by atoms with Crippen LogP contribution in [0, 0.1) is 0 Å². The zero-order valence-electron chi connectivity index (χ0n) is 60.6. The summed E-state index contributed by atoms with van der Waals surface area (Å²) in [6.07, 6.45) is 0. The van der Waals surface area contributed by atoms with Crippen molar-refractivity contribution < 1.29 is 0 Å². The summed E-state index contributed by atoms with van der Waals surface area (Å²) in [5.74, 6) is 5.18. The van der Waals surface area contributed by atoms with Gasteiger partial charge >= 0.3 is 0 Å². The van der Waals surface area contributed by atoms with Crippen molar-refractivity contribution in [2.75, 3.05) is 0 Å². The molecule has 0 N–H and O–H groups in total.